The van der Waals surface area contributed by atoms with Crippen molar-refractivity contribution < 1.29 is 24.2 Å². The van der Waals surface area contributed by atoms with Crippen LogP contribution < -0.4 is 9.47 Å². The number of aryl methyl sites for hydroxylation is 1. The molecule has 4 aliphatic rings. The normalized spacial score (nSPS) is 27.8. The van der Waals surface area contributed by atoms with Crippen molar-refractivity contribution in [1.29, 1.82) is 0 Å². The van der Waals surface area contributed by atoms with Crippen LogP contribution in [0.4, 0.5) is 0 Å². The highest BCUT2D eigenvalue weighted by atomic mass is 16.6. The molecule has 2 fully saturated rings. The highest BCUT2D eigenvalue weighted by molar-refractivity contribution is 5.94. The van der Waals surface area contributed by atoms with Gasteiger partial charge in [0, 0.05) is 53.6 Å². The molecule has 7 heteroatoms. The Balaban J connectivity index is 1.45. The molecule has 1 amide bonds. The first kappa shape index (κ1) is 26.7. The third-order valence-corrected chi connectivity index (χ3v) is 9.46. The fraction of sp³-hybridized carbons (Fsp3) is 0.515. The zero-order valence-corrected chi connectivity index (χ0v) is 24.0. The minimum absolute atomic E-state index is 0.152. The van der Waals surface area contributed by atoms with Crippen LogP contribution in [0.5, 0.6) is 17.2 Å². The van der Waals surface area contributed by atoms with E-state index in [9.17, 15) is 14.7 Å². The Labute approximate surface area is 236 Å². The van der Waals surface area contributed by atoms with E-state index >= 15 is 0 Å². The fourth-order valence-electron chi connectivity index (χ4n) is 8.00. The van der Waals surface area contributed by atoms with E-state index in [1.807, 2.05) is 36.1 Å². The Kier molecular flexibility index (Phi) is 6.58. The fourth-order valence-corrected chi connectivity index (χ4v) is 8.00. The molecule has 7 nitrogen and oxygen atoms in total. The Morgan fingerprint density at radius 1 is 1.27 bits per heavy atom. The van der Waals surface area contributed by atoms with Crippen LogP contribution in [0.2, 0.25) is 0 Å². The van der Waals surface area contributed by atoms with Gasteiger partial charge in [0.05, 0.1) is 6.04 Å². The predicted molar refractivity (Wildman–Crippen MR) is 151 cm³/mol. The number of phenols is 1. The number of hydrogen-bond donors (Lipinski definition) is 1. The second-order valence-corrected chi connectivity index (χ2v) is 12.5. The molecule has 2 aromatic rings. The van der Waals surface area contributed by atoms with Crippen molar-refractivity contribution in [2.24, 2.45) is 11.8 Å². The van der Waals surface area contributed by atoms with Crippen LogP contribution >= 0.6 is 0 Å². The first-order chi connectivity index (χ1) is 19.1. The number of esters is 1. The van der Waals surface area contributed by atoms with Crippen molar-refractivity contribution in [2.75, 3.05) is 20.1 Å². The van der Waals surface area contributed by atoms with Crippen molar-refractivity contribution in [2.45, 2.75) is 77.0 Å². The lowest BCUT2D eigenvalue weighted by atomic mass is 9.51. The number of nitrogens with zero attached hydrogens (tertiary/aromatic N) is 2. The van der Waals surface area contributed by atoms with Gasteiger partial charge in [-0.05, 0) is 75.7 Å². The van der Waals surface area contributed by atoms with Crippen molar-refractivity contribution in [3.63, 3.8) is 0 Å². The van der Waals surface area contributed by atoms with E-state index < -0.39 is 5.97 Å². The number of likely N-dealkylation sites (N-methyl/N-ethyl adjacent to an activating group) is 1. The molecule has 0 radical (unpaired) electrons. The van der Waals surface area contributed by atoms with Crippen LogP contribution in [0.25, 0.3) is 0 Å². The average molecular weight is 543 g/mol. The molecule has 1 N–H and O–H groups in total. The third kappa shape index (κ3) is 4.16. The number of likely N-dealkylation sites (tertiary alicyclic amines) is 1. The van der Waals surface area contributed by atoms with Gasteiger partial charge in [-0.2, -0.15) is 0 Å². The molecular weight excluding hydrogens is 504 g/mol. The number of aromatic hydroxyl groups is 1. The highest BCUT2D eigenvalue weighted by Crippen LogP contribution is 2.65. The van der Waals surface area contributed by atoms with Crippen LogP contribution in [-0.4, -0.2) is 65.1 Å². The minimum Gasteiger partial charge on any atom is -0.508 e. The molecule has 2 aliphatic carbocycles. The Morgan fingerprint density at radius 2 is 2.08 bits per heavy atom. The van der Waals surface area contributed by atoms with Crippen molar-refractivity contribution >= 4 is 11.9 Å². The number of amides is 1. The van der Waals surface area contributed by atoms with Gasteiger partial charge in [0.25, 0.3) is 5.91 Å². The van der Waals surface area contributed by atoms with E-state index in [4.69, 9.17) is 9.47 Å². The maximum atomic E-state index is 13.8. The molecule has 0 unspecified atom stereocenters. The summed E-state index contributed by atoms with van der Waals surface area (Å²) in [5, 5.41) is 11.2. The lowest BCUT2D eigenvalue weighted by Crippen LogP contribution is -2.68. The largest absolute Gasteiger partial charge is 0.508 e. The molecular formula is C33H38N2O5. The highest BCUT2D eigenvalue weighted by Gasteiger charge is 2.67. The third-order valence-electron chi connectivity index (χ3n) is 9.46. The Hall–Kier alpha value is -3.50. The molecule has 1 spiro atoms. The zero-order chi connectivity index (χ0) is 28.3. The summed E-state index contributed by atoms with van der Waals surface area (Å²) < 4.78 is 12.4. The number of phenolic OH excluding ortho intramolecular Hbond substituents is 1. The molecule has 210 valence electrons. The standard InChI is InChI=1S/C33H38N2O5/c1-19(2)18-35(29(38)12-9-22-8-6-7-20(3)15-22)25-11-10-24-26-16-23-27(37)17-28(39-21(4)36)31-30(23)33(24,32(25)40-31)13-14-34(26)5/h6-8,15,17,19,24-26,32,37H,10-11,13-14,16,18H2,1-5H3/t24-,25+,26+,32-,33-/m0/s1. The Bertz CT molecular complexity index is 1440. The SMILES string of the molecule is CC(=O)Oc1cc(O)c2c3c1O[C@H]1[C@H](N(CC(C)C)C(=O)C#Cc4cccc(C)c4)CC[C@H]4[C@@H](C2)N(C)CC[C@@]341. The van der Waals surface area contributed by atoms with Gasteiger partial charge in [-0.1, -0.05) is 31.9 Å². The molecule has 6 rings (SSSR count). The second-order valence-electron chi connectivity index (χ2n) is 12.5. The number of piperidine rings is 1. The van der Waals surface area contributed by atoms with Gasteiger partial charge in [-0.15, -0.1) is 0 Å². The first-order valence-corrected chi connectivity index (χ1v) is 14.4. The molecule has 2 heterocycles. The molecule has 2 bridgehead atoms. The van der Waals surface area contributed by atoms with Gasteiger partial charge >= 0.3 is 5.97 Å². The van der Waals surface area contributed by atoms with Gasteiger partial charge in [-0.25, -0.2) is 0 Å². The molecule has 0 aromatic heterocycles. The molecule has 2 aliphatic heterocycles. The molecule has 5 atom stereocenters. The van der Waals surface area contributed by atoms with Crippen molar-refractivity contribution in [3.05, 3.63) is 52.6 Å². The van der Waals surface area contributed by atoms with Crippen LogP contribution in [-0.2, 0) is 21.4 Å². The van der Waals surface area contributed by atoms with E-state index in [1.54, 1.807) is 0 Å². The summed E-state index contributed by atoms with van der Waals surface area (Å²) >= 11 is 0. The average Bonchev–Trinajstić information content (AvgIpc) is 3.24. The summed E-state index contributed by atoms with van der Waals surface area (Å²) in [6.07, 6.45) is 3.03. The summed E-state index contributed by atoms with van der Waals surface area (Å²) in [5.41, 5.74) is 3.44. The van der Waals surface area contributed by atoms with Crippen LogP contribution in [0.15, 0.2) is 30.3 Å². The monoisotopic (exact) mass is 542 g/mol. The summed E-state index contributed by atoms with van der Waals surface area (Å²) in [7, 11) is 2.17. The van der Waals surface area contributed by atoms with E-state index in [2.05, 4.69) is 37.6 Å². The minimum atomic E-state index is -0.459. The summed E-state index contributed by atoms with van der Waals surface area (Å²) in [6, 6.07) is 9.49. The first-order valence-electron chi connectivity index (χ1n) is 14.4. The van der Waals surface area contributed by atoms with E-state index in [1.165, 1.54) is 13.0 Å². The predicted octanol–water partition coefficient (Wildman–Crippen LogP) is 4.20. The number of benzene rings is 2. The topological polar surface area (TPSA) is 79.3 Å². The zero-order valence-electron chi connectivity index (χ0n) is 24.0. The summed E-state index contributed by atoms with van der Waals surface area (Å²) in [6.45, 7) is 9.07. The number of hydrogen-bond acceptors (Lipinski definition) is 6. The van der Waals surface area contributed by atoms with E-state index in [0.29, 0.717) is 18.2 Å². The van der Waals surface area contributed by atoms with Crippen molar-refractivity contribution in [1.82, 2.24) is 9.80 Å². The quantitative estimate of drug-likeness (QED) is 0.355. The molecule has 2 aromatic carbocycles. The smallest absolute Gasteiger partial charge is 0.308 e. The van der Waals surface area contributed by atoms with E-state index in [0.717, 1.165) is 54.5 Å². The lowest BCUT2D eigenvalue weighted by Gasteiger charge is -2.60. The molecule has 1 saturated heterocycles. The van der Waals surface area contributed by atoms with Gasteiger partial charge < -0.3 is 24.4 Å². The van der Waals surface area contributed by atoms with Gasteiger partial charge in [-0.3, -0.25) is 9.59 Å². The van der Waals surface area contributed by atoms with Gasteiger partial charge in [0.2, 0.25) is 0 Å². The van der Waals surface area contributed by atoms with Crippen molar-refractivity contribution in [3.8, 4) is 29.1 Å². The summed E-state index contributed by atoms with van der Waals surface area (Å²) in [4.78, 5) is 30.2. The molecule has 40 heavy (non-hydrogen) atoms. The maximum absolute atomic E-state index is 13.8. The van der Waals surface area contributed by atoms with Crippen LogP contribution in [0.3, 0.4) is 0 Å². The number of ether oxygens (including phenoxy) is 2. The van der Waals surface area contributed by atoms with Crippen LogP contribution in [0.1, 0.15) is 62.3 Å². The Morgan fingerprint density at radius 3 is 2.80 bits per heavy atom. The second kappa shape index (κ2) is 9.85. The number of carbonyl (C=O) groups is 2. The van der Waals surface area contributed by atoms with E-state index in [-0.39, 0.29) is 46.9 Å². The number of carbonyl (C=O) groups excluding carboxylic acids is 2. The summed E-state index contributed by atoms with van der Waals surface area (Å²) in [5.74, 6) is 6.93. The maximum Gasteiger partial charge on any atom is 0.308 e. The lowest BCUT2D eigenvalue weighted by molar-refractivity contribution is -0.137. The van der Waals surface area contributed by atoms with Gasteiger partial charge in [0.1, 0.15) is 11.9 Å². The molecule has 1 saturated carbocycles. The van der Waals surface area contributed by atoms with Crippen LogP contribution in [0, 0.1) is 30.6 Å². The number of rotatable bonds is 4. The van der Waals surface area contributed by atoms with Gasteiger partial charge in [0.15, 0.2) is 11.5 Å².